The number of furan rings is 1. The molecule has 0 aromatic carbocycles. The molecule has 2 aromatic rings. The van der Waals surface area contributed by atoms with Gasteiger partial charge in [-0.3, -0.25) is 0 Å². The second kappa shape index (κ2) is 4.85. The van der Waals surface area contributed by atoms with Gasteiger partial charge in [0.25, 0.3) is 0 Å². The van der Waals surface area contributed by atoms with Gasteiger partial charge in [0.1, 0.15) is 5.76 Å². The molecule has 0 spiro atoms. The van der Waals surface area contributed by atoms with Crippen LogP contribution in [0.2, 0.25) is 0 Å². The Labute approximate surface area is 100 Å². The third-order valence-electron chi connectivity index (χ3n) is 2.66. The summed E-state index contributed by atoms with van der Waals surface area (Å²) in [6, 6.07) is 4.53. The van der Waals surface area contributed by atoms with Crippen LogP contribution in [0.5, 0.6) is 0 Å². The molecular weight excluding hydrogens is 218 g/mol. The Morgan fingerprint density at radius 2 is 2.25 bits per heavy atom. The maximum atomic E-state index is 5.39. The molecule has 2 rings (SSSR count). The summed E-state index contributed by atoms with van der Waals surface area (Å²) in [5, 5.41) is 5.65. The minimum atomic E-state index is 0.266. The van der Waals surface area contributed by atoms with E-state index in [0.29, 0.717) is 0 Å². The van der Waals surface area contributed by atoms with Crippen LogP contribution in [0.25, 0.3) is 0 Å². The maximum Gasteiger partial charge on any atom is 0.101 e. The van der Waals surface area contributed by atoms with E-state index in [1.165, 1.54) is 16.0 Å². The first kappa shape index (κ1) is 11.4. The molecule has 1 atom stereocenters. The lowest BCUT2D eigenvalue weighted by Gasteiger charge is -2.15. The van der Waals surface area contributed by atoms with Crippen molar-refractivity contribution >= 4 is 11.3 Å². The van der Waals surface area contributed by atoms with Crippen molar-refractivity contribution in [1.82, 2.24) is 5.32 Å². The zero-order valence-corrected chi connectivity index (χ0v) is 10.7. The highest BCUT2D eigenvalue weighted by Gasteiger charge is 2.17. The van der Waals surface area contributed by atoms with Crippen LogP contribution in [0, 0.1) is 13.8 Å². The molecule has 0 aliphatic heterocycles. The van der Waals surface area contributed by atoms with Gasteiger partial charge in [0, 0.05) is 10.4 Å². The van der Waals surface area contributed by atoms with Crippen molar-refractivity contribution < 1.29 is 4.42 Å². The standard InChI is InChI=1S/C13H17NOS/c1-4-14-12(11-7-10(3)15-8-11)13-9(2)5-6-16-13/h5-8,12,14H,4H2,1-3H3. The van der Waals surface area contributed by atoms with Crippen LogP contribution in [0.1, 0.15) is 34.7 Å². The zero-order chi connectivity index (χ0) is 11.5. The molecule has 0 radical (unpaired) electrons. The molecule has 16 heavy (non-hydrogen) atoms. The summed E-state index contributed by atoms with van der Waals surface area (Å²) in [5.41, 5.74) is 2.56. The largest absolute Gasteiger partial charge is 0.469 e. The third-order valence-corrected chi connectivity index (χ3v) is 3.74. The smallest absolute Gasteiger partial charge is 0.101 e. The van der Waals surface area contributed by atoms with Gasteiger partial charge < -0.3 is 9.73 Å². The van der Waals surface area contributed by atoms with Crippen LogP contribution in [-0.4, -0.2) is 6.54 Å². The highest BCUT2D eigenvalue weighted by molar-refractivity contribution is 7.10. The first-order valence-corrected chi connectivity index (χ1v) is 6.42. The van der Waals surface area contributed by atoms with E-state index in [0.717, 1.165) is 12.3 Å². The SMILES string of the molecule is CCNC(c1coc(C)c1)c1sccc1C. The number of hydrogen-bond donors (Lipinski definition) is 1. The van der Waals surface area contributed by atoms with E-state index in [1.807, 2.05) is 13.2 Å². The third kappa shape index (κ3) is 2.20. The predicted molar refractivity (Wildman–Crippen MR) is 68.0 cm³/mol. The number of hydrogen-bond acceptors (Lipinski definition) is 3. The highest BCUT2D eigenvalue weighted by Crippen LogP contribution is 2.30. The van der Waals surface area contributed by atoms with Gasteiger partial charge >= 0.3 is 0 Å². The van der Waals surface area contributed by atoms with Gasteiger partial charge in [0.2, 0.25) is 0 Å². The van der Waals surface area contributed by atoms with Crippen LogP contribution in [0.15, 0.2) is 28.2 Å². The van der Waals surface area contributed by atoms with E-state index in [4.69, 9.17) is 4.42 Å². The highest BCUT2D eigenvalue weighted by atomic mass is 32.1. The molecule has 1 unspecified atom stereocenters. The summed E-state index contributed by atoms with van der Waals surface area (Å²) >= 11 is 1.80. The number of nitrogens with one attached hydrogen (secondary N) is 1. The van der Waals surface area contributed by atoms with Crippen molar-refractivity contribution in [3.63, 3.8) is 0 Å². The van der Waals surface area contributed by atoms with Crippen molar-refractivity contribution in [2.24, 2.45) is 0 Å². The lowest BCUT2D eigenvalue weighted by molar-refractivity contribution is 0.526. The minimum Gasteiger partial charge on any atom is -0.469 e. The molecule has 3 heteroatoms. The van der Waals surface area contributed by atoms with Gasteiger partial charge in [-0.25, -0.2) is 0 Å². The quantitative estimate of drug-likeness (QED) is 0.875. The maximum absolute atomic E-state index is 5.39. The van der Waals surface area contributed by atoms with Crippen LogP contribution in [0.4, 0.5) is 0 Å². The second-order valence-electron chi connectivity index (χ2n) is 3.95. The lowest BCUT2D eigenvalue weighted by Crippen LogP contribution is -2.21. The zero-order valence-electron chi connectivity index (χ0n) is 9.91. The Balaban J connectivity index is 2.34. The number of rotatable bonds is 4. The first-order valence-electron chi connectivity index (χ1n) is 5.54. The van der Waals surface area contributed by atoms with Crippen molar-refractivity contribution in [1.29, 1.82) is 0 Å². The molecule has 2 aromatic heterocycles. The molecular formula is C13H17NOS. The molecule has 1 N–H and O–H groups in total. The van der Waals surface area contributed by atoms with Gasteiger partial charge in [-0.15, -0.1) is 11.3 Å². The molecule has 2 nitrogen and oxygen atoms in total. The van der Waals surface area contributed by atoms with E-state index in [2.05, 4.69) is 36.7 Å². The van der Waals surface area contributed by atoms with E-state index >= 15 is 0 Å². The van der Waals surface area contributed by atoms with Crippen LogP contribution >= 0.6 is 11.3 Å². The fourth-order valence-corrected chi connectivity index (χ4v) is 2.89. The summed E-state index contributed by atoms with van der Waals surface area (Å²) in [6.45, 7) is 7.21. The Kier molecular flexibility index (Phi) is 3.46. The number of aryl methyl sites for hydroxylation is 2. The van der Waals surface area contributed by atoms with Crippen LogP contribution in [-0.2, 0) is 0 Å². The Hall–Kier alpha value is -1.06. The Bertz CT molecular complexity index is 458. The van der Waals surface area contributed by atoms with Gasteiger partial charge in [-0.2, -0.15) is 0 Å². The topological polar surface area (TPSA) is 25.2 Å². The fraction of sp³-hybridized carbons (Fsp3) is 0.385. The fourth-order valence-electron chi connectivity index (χ4n) is 1.86. The molecule has 86 valence electrons. The van der Waals surface area contributed by atoms with E-state index in [-0.39, 0.29) is 6.04 Å². The van der Waals surface area contributed by atoms with Gasteiger partial charge in [-0.05, 0) is 43.5 Å². The van der Waals surface area contributed by atoms with Crippen molar-refractivity contribution in [2.45, 2.75) is 26.8 Å². The average molecular weight is 235 g/mol. The molecule has 0 aliphatic carbocycles. The second-order valence-corrected chi connectivity index (χ2v) is 4.90. The summed E-state index contributed by atoms with van der Waals surface area (Å²) in [5.74, 6) is 0.965. The molecule has 0 aliphatic rings. The van der Waals surface area contributed by atoms with Crippen molar-refractivity contribution in [3.8, 4) is 0 Å². The van der Waals surface area contributed by atoms with Gasteiger partial charge in [-0.1, -0.05) is 6.92 Å². The van der Waals surface area contributed by atoms with Crippen LogP contribution < -0.4 is 5.32 Å². The summed E-state index contributed by atoms with van der Waals surface area (Å²) in [7, 11) is 0. The van der Waals surface area contributed by atoms with Crippen molar-refractivity contribution in [2.75, 3.05) is 6.54 Å². The van der Waals surface area contributed by atoms with Gasteiger partial charge in [0.05, 0.1) is 12.3 Å². The first-order chi connectivity index (χ1) is 7.72. The molecule has 0 bridgehead atoms. The van der Waals surface area contributed by atoms with E-state index in [1.54, 1.807) is 11.3 Å². The van der Waals surface area contributed by atoms with E-state index < -0.39 is 0 Å². The monoisotopic (exact) mass is 235 g/mol. The molecule has 0 fully saturated rings. The normalized spacial score (nSPS) is 12.9. The molecule has 0 saturated heterocycles. The molecule has 0 saturated carbocycles. The van der Waals surface area contributed by atoms with Crippen LogP contribution in [0.3, 0.4) is 0 Å². The Morgan fingerprint density at radius 3 is 2.75 bits per heavy atom. The average Bonchev–Trinajstić information content (AvgIpc) is 2.84. The van der Waals surface area contributed by atoms with Crippen molar-refractivity contribution in [3.05, 3.63) is 45.5 Å². The minimum absolute atomic E-state index is 0.266. The Morgan fingerprint density at radius 1 is 1.44 bits per heavy atom. The predicted octanol–water partition coefficient (Wildman–Crippen LogP) is 3.66. The molecule has 0 amide bonds. The van der Waals surface area contributed by atoms with Gasteiger partial charge in [0.15, 0.2) is 0 Å². The summed E-state index contributed by atoms with van der Waals surface area (Å²) in [6.07, 6.45) is 1.85. The molecule has 2 heterocycles. The van der Waals surface area contributed by atoms with E-state index in [9.17, 15) is 0 Å². The lowest BCUT2D eigenvalue weighted by atomic mass is 10.1. The number of thiophene rings is 1. The summed E-state index contributed by atoms with van der Waals surface area (Å²) < 4.78 is 5.39. The summed E-state index contributed by atoms with van der Waals surface area (Å²) in [4.78, 5) is 1.38.